The SMILES string of the molecule is CCCCc1cc(=O)oc2cc(OCC(=O)N[C@@H](CCC)C(=O)[O-])ccc12. The number of ether oxygens (including phenoxy) is 1. The van der Waals surface area contributed by atoms with Gasteiger partial charge in [0.1, 0.15) is 11.3 Å². The number of aryl methyl sites for hydroxylation is 1. The number of carboxylic acids is 1. The van der Waals surface area contributed by atoms with E-state index in [4.69, 9.17) is 9.15 Å². The zero-order valence-electron chi connectivity index (χ0n) is 15.6. The number of nitrogens with one attached hydrogen (secondary N) is 1. The lowest BCUT2D eigenvalue weighted by Crippen LogP contribution is -2.49. The zero-order chi connectivity index (χ0) is 19.8. The van der Waals surface area contributed by atoms with Crippen molar-refractivity contribution in [3.8, 4) is 5.75 Å². The van der Waals surface area contributed by atoms with Crippen LogP contribution in [-0.2, 0) is 16.0 Å². The van der Waals surface area contributed by atoms with E-state index in [1.165, 1.54) is 6.07 Å². The Balaban J connectivity index is 2.08. The summed E-state index contributed by atoms with van der Waals surface area (Å²) in [7, 11) is 0. The van der Waals surface area contributed by atoms with Crippen molar-refractivity contribution in [3.05, 3.63) is 40.2 Å². The summed E-state index contributed by atoms with van der Waals surface area (Å²) in [5.74, 6) is -1.53. The average molecular weight is 374 g/mol. The van der Waals surface area contributed by atoms with E-state index in [0.717, 1.165) is 30.2 Å². The lowest BCUT2D eigenvalue weighted by atomic mass is 10.0. The first-order valence-corrected chi connectivity index (χ1v) is 9.14. The van der Waals surface area contributed by atoms with Gasteiger partial charge in [0.05, 0.1) is 12.0 Å². The Kier molecular flexibility index (Phi) is 7.40. The van der Waals surface area contributed by atoms with Gasteiger partial charge in [0.15, 0.2) is 6.61 Å². The van der Waals surface area contributed by atoms with Crippen LogP contribution in [0.1, 0.15) is 45.1 Å². The fourth-order valence-corrected chi connectivity index (χ4v) is 2.80. The summed E-state index contributed by atoms with van der Waals surface area (Å²) in [5.41, 5.74) is 0.883. The van der Waals surface area contributed by atoms with Crippen LogP contribution in [0.15, 0.2) is 33.5 Å². The maximum Gasteiger partial charge on any atom is 0.336 e. The molecular weight excluding hydrogens is 350 g/mol. The number of carbonyl (C=O) groups excluding carboxylic acids is 2. The third kappa shape index (κ3) is 5.84. The Morgan fingerprint density at radius 3 is 2.67 bits per heavy atom. The predicted octanol–water partition coefficient (Wildman–Crippen LogP) is 1.55. The van der Waals surface area contributed by atoms with E-state index in [-0.39, 0.29) is 13.0 Å². The highest BCUT2D eigenvalue weighted by Crippen LogP contribution is 2.23. The summed E-state index contributed by atoms with van der Waals surface area (Å²) >= 11 is 0. The molecule has 0 aliphatic rings. The van der Waals surface area contributed by atoms with Crippen molar-refractivity contribution in [2.24, 2.45) is 0 Å². The van der Waals surface area contributed by atoms with Gasteiger partial charge < -0.3 is 24.4 Å². The molecule has 0 saturated heterocycles. The van der Waals surface area contributed by atoms with Crippen LogP contribution in [-0.4, -0.2) is 24.5 Å². The number of rotatable bonds is 10. The number of unbranched alkanes of at least 4 members (excludes halogenated alkanes) is 1. The van der Waals surface area contributed by atoms with Crippen molar-refractivity contribution in [3.63, 3.8) is 0 Å². The van der Waals surface area contributed by atoms with Crippen molar-refractivity contribution < 1.29 is 23.8 Å². The summed E-state index contributed by atoms with van der Waals surface area (Å²) in [6, 6.07) is 5.49. The smallest absolute Gasteiger partial charge is 0.336 e. The quantitative estimate of drug-likeness (QED) is 0.632. The molecular formula is C20H24NO6-. The van der Waals surface area contributed by atoms with E-state index in [1.807, 2.05) is 6.92 Å². The summed E-state index contributed by atoms with van der Waals surface area (Å²) in [6.07, 6.45) is 3.65. The fourth-order valence-electron chi connectivity index (χ4n) is 2.80. The Bertz CT molecular complexity index is 857. The van der Waals surface area contributed by atoms with Gasteiger partial charge in [-0.2, -0.15) is 0 Å². The normalized spacial score (nSPS) is 11.9. The van der Waals surface area contributed by atoms with Crippen LogP contribution in [0.25, 0.3) is 11.0 Å². The molecule has 7 heteroatoms. The standard InChI is InChI=1S/C20H25NO6/c1-3-5-7-13-10-19(23)27-17-11-14(8-9-15(13)17)26-12-18(22)21-16(6-4-2)20(24)25/h8-11,16H,3-7,12H2,1-2H3,(H,21,22)(H,24,25)/p-1/t16-/m0/s1. The van der Waals surface area contributed by atoms with Gasteiger partial charge in [0.2, 0.25) is 0 Å². The molecule has 1 heterocycles. The molecule has 7 nitrogen and oxygen atoms in total. The molecule has 2 aromatic rings. The second kappa shape index (κ2) is 9.75. The number of hydrogen-bond acceptors (Lipinski definition) is 6. The molecule has 0 saturated carbocycles. The van der Waals surface area contributed by atoms with Crippen molar-refractivity contribution in [2.45, 2.75) is 52.0 Å². The zero-order valence-corrected chi connectivity index (χ0v) is 15.6. The van der Waals surface area contributed by atoms with Gasteiger partial charge in [0, 0.05) is 17.5 Å². The highest BCUT2D eigenvalue weighted by atomic mass is 16.5. The maximum atomic E-state index is 11.9. The molecule has 0 bridgehead atoms. The minimum absolute atomic E-state index is 0.287. The first-order chi connectivity index (χ1) is 12.9. The van der Waals surface area contributed by atoms with Crippen LogP contribution >= 0.6 is 0 Å². The van der Waals surface area contributed by atoms with Gasteiger partial charge in [-0.25, -0.2) is 4.79 Å². The van der Waals surface area contributed by atoms with Gasteiger partial charge in [-0.15, -0.1) is 0 Å². The van der Waals surface area contributed by atoms with Crippen molar-refractivity contribution in [2.75, 3.05) is 6.61 Å². The molecule has 1 atom stereocenters. The summed E-state index contributed by atoms with van der Waals surface area (Å²) < 4.78 is 10.6. The lowest BCUT2D eigenvalue weighted by Gasteiger charge is -2.19. The van der Waals surface area contributed by atoms with Crippen molar-refractivity contribution in [1.82, 2.24) is 5.32 Å². The number of hydrogen-bond donors (Lipinski definition) is 1. The van der Waals surface area contributed by atoms with Crippen LogP contribution in [0.4, 0.5) is 0 Å². The van der Waals surface area contributed by atoms with E-state index in [9.17, 15) is 19.5 Å². The highest BCUT2D eigenvalue weighted by molar-refractivity contribution is 5.84. The Hall–Kier alpha value is -2.83. The van der Waals surface area contributed by atoms with E-state index >= 15 is 0 Å². The number of carbonyl (C=O) groups is 2. The van der Waals surface area contributed by atoms with Crippen molar-refractivity contribution >= 4 is 22.8 Å². The molecule has 0 radical (unpaired) electrons. The molecule has 1 aromatic heterocycles. The van der Waals surface area contributed by atoms with Crippen LogP contribution in [0.2, 0.25) is 0 Å². The number of aliphatic carboxylic acids is 1. The predicted molar refractivity (Wildman–Crippen MR) is 98.4 cm³/mol. The Morgan fingerprint density at radius 2 is 2.00 bits per heavy atom. The molecule has 0 aliphatic carbocycles. The number of benzene rings is 1. The third-order valence-electron chi connectivity index (χ3n) is 4.17. The van der Waals surface area contributed by atoms with Gasteiger partial charge in [-0.1, -0.05) is 26.7 Å². The summed E-state index contributed by atoms with van der Waals surface area (Å²) in [4.78, 5) is 34.6. The molecule has 1 amide bonds. The third-order valence-corrected chi connectivity index (χ3v) is 4.17. The summed E-state index contributed by atoms with van der Waals surface area (Å²) in [5, 5.41) is 14.2. The molecule has 27 heavy (non-hydrogen) atoms. The second-order valence-electron chi connectivity index (χ2n) is 6.37. The molecule has 0 unspecified atom stereocenters. The number of amides is 1. The minimum atomic E-state index is -1.32. The first-order valence-electron chi connectivity index (χ1n) is 9.14. The Labute approximate surface area is 157 Å². The highest BCUT2D eigenvalue weighted by Gasteiger charge is 2.13. The van der Waals surface area contributed by atoms with Crippen LogP contribution in [0.3, 0.4) is 0 Å². The minimum Gasteiger partial charge on any atom is -0.548 e. The van der Waals surface area contributed by atoms with E-state index in [2.05, 4.69) is 12.2 Å². The second-order valence-corrected chi connectivity index (χ2v) is 6.37. The van der Waals surface area contributed by atoms with E-state index in [0.29, 0.717) is 17.8 Å². The van der Waals surface area contributed by atoms with Gasteiger partial charge in [-0.3, -0.25) is 4.79 Å². The van der Waals surface area contributed by atoms with Crippen LogP contribution in [0, 0.1) is 0 Å². The summed E-state index contributed by atoms with van der Waals surface area (Å²) in [6.45, 7) is 3.55. The molecule has 0 fully saturated rings. The maximum absolute atomic E-state index is 11.9. The van der Waals surface area contributed by atoms with Crippen LogP contribution in [0.5, 0.6) is 5.75 Å². The molecule has 1 N–H and O–H groups in total. The largest absolute Gasteiger partial charge is 0.548 e. The molecule has 2 rings (SSSR count). The Morgan fingerprint density at radius 1 is 1.22 bits per heavy atom. The molecule has 146 valence electrons. The molecule has 1 aromatic carbocycles. The number of fused-ring (bicyclic) bond motifs is 1. The van der Waals surface area contributed by atoms with Gasteiger partial charge in [0.25, 0.3) is 5.91 Å². The fraction of sp³-hybridized carbons (Fsp3) is 0.450. The van der Waals surface area contributed by atoms with E-state index < -0.39 is 23.5 Å². The van der Waals surface area contributed by atoms with E-state index in [1.54, 1.807) is 18.2 Å². The first kappa shape index (κ1) is 20.5. The lowest BCUT2D eigenvalue weighted by molar-refractivity contribution is -0.308. The molecule has 0 aliphatic heterocycles. The molecule has 0 spiro atoms. The van der Waals surface area contributed by atoms with Gasteiger partial charge >= 0.3 is 5.63 Å². The topological polar surface area (TPSA) is 109 Å². The van der Waals surface area contributed by atoms with Crippen molar-refractivity contribution in [1.29, 1.82) is 0 Å². The monoisotopic (exact) mass is 374 g/mol. The van der Waals surface area contributed by atoms with Gasteiger partial charge in [-0.05, 0) is 37.0 Å². The number of carboxylic acid groups (broad SMARTS) is 1. The van der Waals surface area contributed by atoms with Crippen LogP contribution < -0.4 is 20.8 Å². The average Bonchev–Trinajstić information content (AvgIpc) is 2.63.